The number of ether oxygens (including phenoxy) is 17. The zero-order chi connectivity index (χ0) is 104. The SMILES string of the molecule is CC(=O)NC1C(OCCCCC(=O)NCCCCC(=O)NCCN(CCNC(=O)CCCCNC(=O)CCCCOC2OC(COC(C)=O)C(OC(C)=O)C(OC(C)=O)C2NC(C)=O)C(=O)CC[C@H](NC(=O)CCCCNC(=O)CCCCOC2OC(COC(C)=O)C(OC(C)=O)C(OC(C)=O)C2NC(C)=O)C(=O)NCCOCC(=O)OCc2ccccc2)OC(COC(C)=O)C(OC(C)=O)C1OC(C)=O. The van der Waals surface area contributed by atoms with Gasteiger partial charge in [-0.1, -0.05) is 30.3 Å². The van der Waals surface area contributed by atoms with Crippen LogP contribution in [0.3, 0.4) is 0 Å². The molecule has 16 atom stereocenters. The maximum atomic E-state index is 14.4. The molecule has 0 aliphatic carbocycles. The maximum absolute atomic E-state index is 14.4. The van der Waals surface area contributed by atoms with Crippen LogP contribution in [0.25, 0.3) is 0 Å². The molecule has 0 bridgehead atoms. The number of carbonyl (C=O) groups excluding carboxylic acids is 21. The molecule has 3 aliphatic heterocycles. The predicted octanol–water partition coefficient (Wildman–Crippen LogP) is -0.423. The van der Waals surface area contributed by atoms with Crippen LogP contribution in [0.1, 0.15) is 217 Å². The van der Waals surface area contributed by atoms with E-state index in [-0.39, 0.29) is 167 Å². The third-order valence-corrected chi connectivity index (χ3v) is 21.0. The molecule has 3 saturated heterocycles. The Morgan fingerprint density at radius 2 is 0.638 bits per heavy atom. The van der Waals surface area contributed by atoms with E-state index in [0.29, 0.717) is 64.2 Å². The van der Waals surface area contributed by atoms with Crippen LogP contribution in [0.5, 0.6) is 0 Å². The number of benzene rings is 1. The summed E-state index contributed by atoms with van der Waals surface area (Å²) in [5.74, 6) is -12.7. The number of nitrogens with zero attached hydrogens (tertiary/aromatic N) is 1. The minimum absolute atomic E-state index is 0.00533. The molecule has 0 aromatic heterocycles. The highest BCUT2D eigenvalue weighted by Gasteiger charge is 2.55. The number of carbonyl (C=O) groups is 21. The minimum Gasteiger partial charge on any atom is -0.463 e. The summed E-state index contributed by atoms with van der Waals surface area (Å²) in [4.78, 5) is 267. The molecule has 15 unspecified atom stereocenters. The van der Waals surface area contributed by atoms with Crippen LogP contribution in [0, 0.1) is 0 Å². The first-order valence-electron chi connectivity index (χ1n) is 47.1. The standard InChI is InChI=1S/C92H141N11O38/c1-55(104)99-80-86(136-64(10)113)83(133-61(7)110)69(51-129-58(4)107)139-90(80)126-46-25-19-32-72(116)93-38-22-16-30-75(119)96-41-44-103(45-42-97-76(120)31-17-23-39-94-73(117)33-20-26-47-127-91-81(100-56(2)105)87(137-65(11)114)84(134-62(8)111)70(140-91)52-130-59(5)108)78(122)37-36-68(89(124)98-43-49-125-54-79(123)132-50-67-28-14-13-15-29-67)102-77(121)35-18-24-40-95-74(118)34-21-27-48-128-92-82(101-57(3)106)88(138-66(12)115)85(135-63(9)112)71(141-92)53-131-60(6)109/h13-15,28-29,68-71,80-88,90-92H,16-27,30-54H2,1-12H3,(H,93,116)(H,94,117)(H,95,118)(H,96,119)(H,97,120)(H,98,124)(H,99,104)(H,100,105)(H,101,106)(H,102,121)/t68-,69?,70?,71?,80?,81?,82?,83?,84?,85?,86?,87?,88?,90?,91?,92?/m0/s1. The first-order valence-corrected chi connectivity index (χ1v) is 47.1. The average Bonchev–Trinajstić information content (AvgIpc) is 0.793. The summed E-state index contributed by atoms with van der Waals surface area (Å²) in [6.45, 7) is 11.8. The lowest BCUT2D eigenvalue weighted by Crippen LogP contribution is -2.66. The maximum Gasteiger partial charge on any atom is 0.332 e. The molecule has 3 heterocycles. The summed E-state index contributed by atoms with van der Waals surface area (Å²) in [5, 5.41) is 27.2. The topological polar surface area (TPSA) is 639 Å². The van der Waals surface area contributed by atoms with Gasteiger partial charge in [-0.15, -0.1) is 0 Å². The highest BCUT2D eigenvalue weighted by atomic mass is 16.7. The average molecular weight is 2010 g/mol. The lowest BCUT2D eigenvalue weighted by molar-refractivity contribution is -0.277. The van der Waals surface area contributed by atoms with Crippen LogP contribution in [0.15, 0.2) is 30.3 Å². The van der Waals surface area contributed by atoms with Crippen molar-refractivity contribution in [1.82, 2.24) is 58.1 Å². The molecular formula is C92H141N11O38. The van der Waals surface area contributed by atoms with Gasteiger partial charge < -0.3 is 139 Å². The molecule has 10 N–H and O–H groups in total. The van der Waals surface area contributed by atoms with Gasteiger partial charge in [0.1, 0.15) is 75.5 Å². The second-order valence-electron chi connectivity index (χ2n) is 33.3. The molecule has 4 rings (SSSR count). The molecule has 141 heavy (non-hydrogen) atoms. The molecule has 0 spiro atoms. The quantitative estimate of drug-likeness (QED) is 0.0225. The smallest absolute Gasteiger partial charge is 0.332 e. The third-order valence-electron chi connectivity index (χ3n) is 21.0. The second kappa shape index (κ2) is 68.0. The second-order valence-corrected chi connectivity index (χ2v) is 33.3. The number of hydrogen-bond acceptors (Lipinski definition) is 38. The molecule has 1 aromatic carbocycles. The summed E-state index contributed by atoms with van der Waals surface area (Å²) in [5.41, 5.74) is 0.743. The van der Waals surface area contributed by atoms with Crippen molar-refractivity contribution in [2.75, 3.05) is 105 Å². The highest BCUT2D eigenvalue weighted by molar-refractivity contribution is 5.89. The number of hydrogen-bond donors (Lipinski definition) is 10. The predicted molar refractivity (Wildman–Crippen MR) is 486 cm³/mol. The fraction of sp³-hybridized carbons (Fsp3) is 0.707. The number of esters is 10. The van der Waals surface area contributed by atoms with Gasteiger partial charge in [0.15, 0.2) is 55.5 Å². The minimum atomic E-state index is -1.33. The van der Waals surface area contributed by atoms with Crippen molar-refractivity contribution >= 4 is 125 Å². The lowest BCUT2D eigenvalue weighted by atomic mass is 9.96. The van der Waals surface area contributed by atoms with Crippen molar-refractivity contribution in [3.05, 3.63) is 35.9 Å². The fourth-order valence-electron chi connectivity index (χ4n) is 14.7. The lowest BCUT2D eigenvalue weighted by Gasteiger charge is -2.44. The van der Waals surface area contributed by atoms with E-state index < -0.39 is 231 Å². The van der Waals surface area contributed by atoms with Crippen LogP contribution in [-0.2, 0) is 188 Å². The summed E-state index contributed by atoms with van der Waals surface area (Å²) in [6.07, 6.45) is -12.2. The van der Waals surface area contributed by atoms with Crippen LogP contribution in [0.4, 0.5) is 0 Å². The van der Waals surface area contributed by atoms with Crippen LogP contribution < -0.4 is 53.2 Å². The van der Waals surface area contributed by atoms with E-state index in [2.05, 4.69) is 53.2 Å². The van der Waals surface area contributed by atoms with Crippen molar-refractivity contribution in [3.63, 3.8) is 0 Å². The summed E-state index contributed by atoms with van der Waals surface area (Å²) in [7, 11) is 0. The van der Waals surface area contributed by atoms with Crippen LogP contribution in [-0.4, -0.2) is 333 Å². The normalized spacial score (nSPS) is 20.8. The Bertz CT molecular complexity index is 4080. The first-order chi connectivity index (χ1) is 67.1. The summed E-state index contributed by atoms with van der Waals surface area (Å²) in [6, 6.07) is 4.03. The molecular weight excluding hydrogens is 1870 g/mol. The zero-order valence-corrected chi connectivity index (χ0v) is 82.2. The summed E-state index contributed by atoms with van der Waals surface area (Å²) < 4.78 is 95.0. The van der Waals surface area contributed by atoms with Gasteiger partial charge >= 0.3 is 59.7 Å². The number of amides is 11. The van der Waals surface area contributed by atoms with Gasteiger partial charge in [-0.2, -0.15) is 0 Å². The van der Waals surface area contributed by atoms with Crippen molar-refractivity contribution in [2.24, 2.45) is 0 Å². The first kappa shape index (κ1) is 121. The Morgan fingerprint density at radius 3 is 0.957 bits per heavy atom. The third kappa shape index (κ3) is 52.2. The zero-order valence-electron chi connectivity index (χ0n) is 82.2. The van der Waals surface area contributed by atoms with Crippen molar-refractivity contribution < 1.29 is 181 Å². The van der Waals surface area contributed by atoms with Gasteiger partial charge in [-0.3, -0.25) is 95.9 Å². The van der Waals surface area contributed by atoms with Crippen molar-refractivity contribution in [1.29, 1.82) is 0 Å². The number of nitrogens with one attached hydrogen (secondary N) is 10. The van der Waals surface area contributed by atoms with Gasteiger partial charge in [0.05, 0.1) is 6.61 Å². The molecule has 49 nitrogen and oxygen atoms in total. The monoisotopic (exact) mass is 2010 g/mol. The van der Waals surface area contributed by atoms with Gasteiger partial charge in [0, 0.05) is 200 Å². The van der Waals surface area contributed by atoms with Gasteiger partial charge in [-0.05, 0) is 89.0 Å². The van der Waals surface area contributed by atoms with E-state index in [4.69, 9.17) is 80.5 Å². The molecule has 0 radical (unpaired) electrons. The molecule has 1 aromatic rings. The van der Waals surface area contributed by atoms with Crippen LogP contribution in [0.2, 0.25) is 0 Å². The molecule has 792 valence electrons. The van der Waals surface area contributed by atoms with E-state index in [1.807, 2.05) is 0 Å². The molecule has 49 heteroatoms. The Kier molecular flexibility index (Phi) is 58.4. The van der Waals surface area contributed by atoms with E-state index in [0.717, 1.165) is 67.9 Å². The molecule has 11 amide bonds. The van der Waals surface area contributed by atoms with Crippen LogP contribution >= 0.6 is 0 Å². The van der Waals surface area contributed by atoms with Crippen molar-refractivity contribution in [3.8, 4) is 0 Å². The Morgan fingerprint density at radius 1 is 0.326 bits per heavy atom. The largest absolute Gasteiger partial charge is 0.463 e. The van der Waals surface area contributed by atoms with Gasteiger partial charge in [0.2, 0.25) is 65.0 Å². The number of rotatable bonds is 66. The van der Waals surface area contributed by atoms with Crippen molar-refractivity contribution in [2.45, 2.75) is 316 Å². The molecule has 3 fully saturated rings. The van der Waals surface area contributed by atoms with E-state index in [1.165, 1.54) is 25.7 Å². The summed E-state index contributed by atoms with van der Waals surface area (Å²) >= 11 is 0. The van der Waals surface area contributed by atoms with E-state index in [9.17, 15) is 101 Å². The fourth-order valence-corrected chi connectivity index (χ4v) is 14.7. The Balaban J connectivity index is 1.38. The molecule has 3 aliphatic rings. The number of unbranched alkanes of at least 4 members (excludes halogenated alkanes) is 6. The van der Waals surface area contributed by atoms with E-state index >= 15 is 0 Å². The molecule has 0 saturated carbocycles. The Hall–Kier alpha value is -12.2. The Labute approximate surface area is 817 Å². The highest BCUT2D eigenvalue weighted by Crippen LogP contribution is 2.32. The van der Waals surface area contributed by atoms with E-state index in [1.54, 1.807) is 30.3 Å². The van der Waals surface area contributed by atoms with Gasteiger partial charge in [-0.25, -0.2) is 4.79 Å². The van der Waals surface area contributed by atoms with Gasteiger partial charge in [0.25, 0.3) is 0 Å².